The number of halogens is 1. The number of primary amides is 1. The first-order chi connectivity index (χ1) is 14.9. The van der Waals surface area contributed by atoms with Crippen molar-refractivity contribution in [2.45, 2.75) is 58.3 Å². The molecule has 0 unspecified atom stereocenters. The SMILES string of the molecule is Cc1c(N)cncc1-c1cc2cc(CCCCCCCCC(N)=O)ncc2c(N)c1F. The summed E-state index contributed by atoms with van der Waals surface area (Å²) in [5.74, 6) is -0.706. The number of nitrogen functional groups attached to an aromatic ring is 2. The minimum atomic E-state index is -0.478. The number of unbranched alkanes of at least 4 members (excludes halogenated alkanes) is 5. The van der Waals surface area contributed by atoms with Gasteiger partial charge in [-0.05, 0) is 49.3 Å². The highest BCUT2D eigenvalue weighted by molar-refractivity contribution is 5.97. The molecule has 0 saturated heterocycles. The van der Waals surface area contributed by atoms with Gasteiger partial charge in [0.15, 0.2) is 5.82 Å². The fourth-order valence-electron chi connectivity index (χ4n) is 3.80. The summed E-state index contributed by atoms with van der Waals surface area (Å²) in [5.41, 5.74) is 20.6. The van der Waals surface area contributed by atoms with Crippen LogP contribution in [0.4, 0.5) is 15.8 Å². The highest BCUT2D eigenvalue weighted by Gasteiger charge is 2.16. The average molecular weight is 424 g/mol. The van der Waals surface area contributed by atoms with Crippen LogP contribution in [-0.2, 0) is 11.2 Å². The standard InChI is InChI=1S/C24H30FN5O/c1-15-19(12-29-14-21(15)26)18-11-16-10-17(30-13-20(16)24(28)23(18)25)8-6-4-2-3-5-7-9-22(27)31/h10-14H,2-9,26,28H2,1H3,(H2,27,31). The average Bonchev–Trinajstić information content (AvgIpc) is 2.74. The number of benzene rings is 1. The molecule has 7 heteroatoms. The Morgan fingerprint density at radius 2 is 1.68 bits per heavy atom. The van der Waals surface area contributed by atoms with Gasteiger partial charge in [-0.2, -0.15) is 0 Å². The summed E-state index contributed by atoms with van der Waals surface area (Å²) in [5, 5.41) is 1.46. The van der Waals surface area contributed by atoms with Gasteiger partial charge in [-0.3, -0.25) is 14.8 Å². The molecule has 6 nitrogen and oxygen atoms in total. The molecule has 2 heterocycles. The quantitative estimate of drug-likeness (QED) is 0.323. The van der Waals surface area contributed by atoms with Crippen LogP contribution >= 0.6 is 0 Å². The first-order valence-corrected chi connectivity index (χ1v) is 10.7. The number of nitrogens with two attached hydrogens (primary N) is 3. The minimum Gasteiger partial charge on any atom is -0.397 e. The van der Waals surface area contributed by atoms with E-state index in [1.807, 2.05) is 13.0 Å². The normalized spacial score (nSPS) is 11.2. The molecule has 0 atom stereocenters. The number of pyridine rings is 2. The minimum absolute atomic E-state index is 0.0873. The van der Waals surface area contributed by atoms with Gasteiger partial charge in [-0.1, -0.05) is 25.7 Å². The summed E-state index contributed by atoms with van der Waals surface area (Å²) in [6.45, 7) is 1.85. The van der Waals surface area contributed by atoms with Crippen LogP contribution in [0.3, 0.4) is 0 Å². The molecule has 1 aromatic carbocycles. The molecule has 3 aromatic rings. The molecule has 0 radical (unpaired) electrons. The molecule has 0 aliphatic rings. The van der Waals surface area contributed by atoms with Crippen LogP contribution in [0.1, 0.15) is 56.2 Å². The molecule has 0 aliphatic carbocycles. The zero-order valence-electron chi connectivity index (χ0n) is 18.0. The van der Waals surface area contributed by atoms with Gasteiger partial charge in [0.25, 0.3) is 0 Å². The van der Waals surface area contributed by atoms with E-state index in [2.05, 4.69) is 9.97 Å². The van der Waals surface area contributed by atoms with E-state index in [1.165, 1.54) is 0 Å². The molecule has 164 valence electrons. The molecule has 0 bridgehead atoms. The lowest BCUT2D eigenvalue weighted by molar-refractivity contribution is -0.118. The van der Waals surface area contributed by atoms with Crippen LogP contribution in [0.15, 0.2) is 30.7 Å². The first kappa shape index (κ1) is 22.5. The number of carbonyl (C=O) groups excluding carboxylic acids is 1. The summed E-state index contributed by atoms with van der Waals surface area (Å²) < 4.78 is 15.0. The first-order valence-electron chi connectivity index (χ1n) is 10.7. The number of carbonyl (C=O) groups is 1. The molecule has 0 aliphatic heterocycles. The van der Waals surface area contributed by atoms with Crippen LogP contribution in [-0.4, -0.2) is 15.9 Å². The predicted octanol–water partition coefficient (Wildman–Crippen LogP) is 4.67. The summed E-state index contributed by atoms with van der Waals surface area (Å²) in [6, 6.07) is 3.78. The van der Waals surface area contributed by atoms with Crippen molar-refractivity contribution in [1.29, 1.82) is 0 Å². The maximum absolute atomic E-state index is 15.0. The third kappa shape index (κ3) is 5.48. The number of fused-ring (bicyclic) bond motifs is 1. The van der Waals surface area contributed by atoms with Crippen molar-refractivity contribution in [1.82, 2.24) is 9.97 Å². The lowest BCUT2D eigenvalue weighted by Gasteiger charge is -2.13. The number of aryl methyl sites for hydroxylation is 1. The molecule has 0 spiro atoms. The molecular formula is C24H30FN5O. The third-order valence-electron chi connectivity index (χ3n) is 5.71. The Labute approximate surface area is 182 Å². The molecule has 3 rings (SSSR count). The van der Waals surface area contributed by atoms with Crippen molar-refractivity contribution in [2.75, 3.05) is 11.5 Å². The molecule has 0 fully saturated rings. The second kappa shape index (κ2) is 10.2. The summed E-state index contributed by atoms with van der Waals surface area (Å²) in [7, 11) is 0. The van der Waals surface area contributed by atoms with Gasteiger partial charge in [0.1, 0.15) is 0 Å². The molecule has 31 heavy (non-hydrogen) atoms. The van der Waals surface area contributed by atoms with Crippen molar-refractivity contribution >= 4 is 28.1 Å². The van der Waals surface area contributed by atoms with E-state index in [1.54, 1.807) is 24.7 Å². The van der Waals surface area contributed by atoms with Gasteiger partial charge in [-0.25, -0.2) is 4.39 Å². The Hall–Kier alpha value is -3.22. The van der Waals surface area contributed by atoms with E-state index in [0.29, 0.717) is 28.6 Å². The fraction of sp³-hybridized carbons (Fsp3) is 0.375. The smallest absolute Gasteiger partial charge is 0.217 e. The van der Waals surface area contributed by atoms with Crippen LogP contribution in [0, 0.1) is 12.7 Å². The van der Waals surface area contributed by atoms with Gasteiger partial charge in [0, 0.05) is 41.0 Å². The zero-order chi connectivity index (χ0) is 22.4. The van der Waals surface area contributed by atoms with Crippen molar-refractivity contribution in [3.63, 3.8) is 0 Å². The van der Waals surface area contributed by atoms with Crippen LogP contribution < -0.4 is 17.2 Å². The van der Waals surface area contributed by atoms with Gasteiger partial charge in [-0.15, -0.1) is 0 Å². The van der Waals surface area contributed by atoms with Crippen LogP contribution in [0.2, 0.25) is 0 Å². The van der Waals surface area contributed by atoms with Crippen molar-refractivity contribution in [3.05, 3.63) is 47.8 Å². The third-order valence-corrected chi connectivity index (χ3v) is 5.71. The van der Waals surface area contributed by atoms with E-state index in [4.69, 9.17) is 17.2 Å². The van der Waals surface area contributed by atoms with Gasteiger partial charge >= 0.3 is 0 Å². The molecule has 0 saturated carbocycles. The number of amides is 1. The van der Waals surface area contributed by atoms with Crippen LogP contribution in [0.5, 0.6) is 0 Å². The topological polar surface area (TPSA) is 121 Å². The summed E-state index contributed by atoms with van der Waals surface area (Å²) >= 11 is 0. The second-order valence-electron chi connectivity index (χ2n) is 8.04. The number of anilines is 2. The zero-order valence-corrected chi connectivity index (χ0v) is 18.0. The maximum Gasteiger partial charge on any atom is 0.217 e. The Kier molecular flexibility index (Phi) is 7.39. The fourth-order valence-corrected chi connectivity index (χ4v) is 3.80. The lowest BCUT2D eigenvalue weighted by Crippen LogP contribution is -2.09. The van der Waals surface area contributed by atoms with Crippen molar-refractivity contribution < 1.29 is 9.18 Å². The molecule has 2 aromatic heterocycles. The summed E-state index contributed by atoms with van der Waals surface area (Å²) in [6.07, 6.45) is 12.4. The maximum atomic E-state index is 15.0. The predicted molar refractivity (Wildman–Crippen MR) is 124 cm³/mol. The lowest BCUT2D eigenvalue weighted by atomic mass is 9.97. The molecule has 1 amide bonds. The largest absolute Gasteiger partial charge is 0.397 e. The molecular weight excluding hydrogens is 393 g/mol. The monoisotopic (exact) mass is 423 g/mol. The number of nitrogens with zero attached hydrogens (tertiary/aromatic N) is 2. The number of rotatable bonds is 10. The Bertz CT molecular complexity index is 1080. The van der Waals surface area contributed by atoms with E-state index in [9.17, 15) is 4.79 Å². The van der Waals surface area contributed by atoms with Gasteiger partial charge in [0.2, 0.25) is 5.91 Å². The van der Waals surface area contributed by atoms with Crippen molar-refractivity contribution in [3.8, 4) is 11.1 Å². The van der Waals surface area contributed by atoms with Crippen LogP contribution in [0.25, 0.3) is 21.9 Å². The number of aromatic nitrogens is 2. The summed E-state index contributed by atoms with van der Waals surface area (Å²) in [4.78, 5) is 19.3. The molecule has 6 N–H and O–H groups in total. The highest BCUT2D eigenvalue weighted by atomic mass is 19.1. The Balaban J connectivity index is 1.69. The van der Waals surface area contributed by atoms with Gasteiger partial charge < -0.3 is 17.2 Å². The van der Waals surface area contributed by atoms with Crippen molar-refractivity contribution in [2.24, 2.45) is 5.73 Å². The van der Waals surface area contributed by atoms with Gasteiger partial charge in [0.05, 0.1) is 17.6 Å². The second-order valence-corrected chi connectivity index (χ2v) is 8.04. The Morgan fingerprint density at radius 1 is 0.968 bits per heavy atom. The number of hydrogen-bond donors (Lipinski definition) is 3. The highest BCUT2D eigenvalue weighted by Crippen LogP contribution is 2.35. The van der Waals surface area contributed by atoms with E-state index < -0.39 is 5.82 Å². The number of hydrogen-bond acceptors (Lipinski definition) is 5. The Morgan fingerprint density at radius 3 is 2.42 bits per heavy atom. The van der Waals surface area contributed by atoms with E-state index >= 15 is 4.39 Å². The van der Waals surface area contributed by atoms with E-state index in [-0.39, 0.29) is 11.6 Å². The van der Waals surface area contributed by atoms with E-state index in [0.717, 1.165) is 61.6 Å².